The lowest BCUT2D eigenvalue weighted by Gasteiger charge is -2.16. The molecule has 0 aromatic carbocycles. The fraction of sp³-hybridized carbons (Fsp3) is 0.467. The molecule has 0 aliphatic heterocycles. The van der Waals surface area contributed by atoms with E-state index in [-0.39, 0.29) is 12.5 Å². The van der Waals surface area contributed by atoms with Gasteiger partial charge in [0.2, 0.25) is 0 Å². The molecule has 2 atom stereocenters. The van der Waals surface area contributed by atoms with Crippen LogP contribution in [0.5, 0.6) is 0 Å². The molecular formula is C15H18N2O2. The number of carbonyl (C=O) groups is 1. The highest BCUT2D eigenvalue weighted by atomic mass is 16.2. The van der Waals surface area contributed by atoms with Gasteiger partial charge in [-0.2, -0.15) is 0 Å². The maximum absolute atomic E-state index is 12.1. The predicted molar refractivity (Wildman–Crippen MR) is 72.4 cm³/mol. The Hall–Kier alpha value is -1.86. The third kappa shape index (κ3) is 3.55. The number of amides is 1. The van der Waals surface area contributed by atoms with E-state index in [1.165, 1.54) is 6.42 Å². The molecule has 1 aromatic heterocycles. The second kappa shape index (κ2) is 5.85. The van der Waals surface area contributed by atoms with E-state index in [2.05, 4.69) is 23.7 Å². The predicted octanol–water partition coefficient (Wildman–Crippen LogP) is 1.15. The molecule has 100 valence electrons. The topological polar surface area (TPSA) is 53.4 Å². The summed E-state index contributed by atoms with van der Waals surface area (Å²) in [6.45, 7) is 2.83. The van der Waals surface area contributed by atoms with Crippen LogP contribution in [-0.2, 0) is 0 Å². The Bertz CT molecular complexity index is 513. The van der Waals surface area contributed by atoms with Crippen LogP contribution in [0.15, 0.2) is 18.3 Å². The highest BCUT2D eigenvalue weighted by molar-refractivity contribution is 5.92. The van der Waals surface area contributed by atoms with Crippen LogP contribution < -0.4 is 0 Å². The van der Waals surface area contributed by atoms with Gasteiger partial charge in [-0.15, -0.1) is 0 Å². The SMILES string of the molecule is CC1CC1CN(C)C(=O)c1ccc(C#CCO)cn1. The van der Waals surface area contributed by atoms with E-state index in [1.54, 1.807) is 23.2 Å². The maximum atomic E-state index is 12.1. The molecule has 2 rings (SSSR count). The molecule has 0 bridgehead atoms. The average molecular weight is 258 g/mol. The third-order valence-electron chi connectivity index (χ3n) is 3.43. The van der Waals surface area contributed by atoms with Crippen LogP contribution in [0.2, 0.25) is 0 Å². The first-order chi connectivity index (χ1) is 9.11. The summed E-state index contributed by atoms with van der Waals surface area (Å²) in [4.78, 5) is 18.0. The Labute approximate surface area is 113 Å². The molecule has 1 fully saturated rings. The van der Waals surface area contributed by atoms with Crippen molar-refractivity contribution in [3.63, 3.8) is 0 Å². The van der Waals surface area contributed by atoms with Gasteiger partial charge in [-0.3, -0.25) is 4.79 Å². The average Bonchev–Trinajstić information content (AvgIpc) is 3.11. The fourth-order valence-electron chi connectivity index (χ4n) is 2.02. The molecule has 1 aliphatic carbocycles. The molecule has 1 aromatic rings. The van der Waals surface area contributed by atoms with E-state index < -0.39 is 0 Å². The van der Waals surface area contributed by atoms with Gasteiger partial charge in [0.25, 0.3) is 5.91 Å². The third-order valence-corrected chi connectivity index (χ3v) is 3.43. The summed E-state index contributed by atoms with van der Waals surface area (Å²) in [7, 11) is 1.81. The van der Waals surface area contributed by atoms with Crippen LogP contribution in [0.25, 0.3) is 0 Å². The van der Waals surface area contributed by atoms with Gasteiger partial charge >= 0.3 is 0 Å². The molecule has 0 radical (unpaired) electrons. The zero-order valence-electron chi connectivity index (χ0n) is 11.3. The quantitative estimate of drug-likeness (QED) is 0.828. The monoisotopic (exact) mass is 258 g/mol. The van der Waals surface area contributed by atoms with Crippen LogP contribution in [0.3, 0.4) is 0 Å². The van der Waals surface area contributed by atoms with Gasteiger partial charge in [0.05, 0.1) is 0 Å². The number of pyridine rings is 1. The molecule has 19 heavy (non-hydrogen) atoms. The zero-order valence-corrected chi connectivity index (χ0v) is 11.3. The van der Waals surface area contributed by atoms with Crippen molar-refractivity contribution in [2.24, 2.45) is 11.8 Å². The molecule has 0 saturated heterocycles. The highest BCUT2D eigenvalue weighted by Gasteiger charge is 2.34. The van der Waals surface area contributed by atoms with Crippen molar-refractivity contribution in [3.8, 4) is 11.8 Å². The minimum Gasteiger partial charge on any atom is -0.384 e. The summed E-state index contributed by atoms with van der Waals surface area (Å²) in [6, 6.07) is 3.42. The Kier molecular flexibility index (Phi) is 4.18. The highest BCUT2D eigenvalue weighted by Crippen LogP contribution is 2.38. The number of nitrogens with zero attached hydrogens (tertiary/aromatic N) is 2. The summed E-state index contributed by atoms with van der Waals surface area (Å²) in [5.74, 6) is 6.62. The molecule has 4 nitrogen and oxygen atoms in total. The molecule has 1 saturated carbocycles. The van der Waals surface area contributed by atoms with Crippen molar-refractivity contribution in [3.05, 3.63) is 29.6 Å². The Morgan fingerprint density at radius 3 is 2.84 bits per heavy atom. The number of hydrogen-bond acceptors (Lipinski definition) is 3. The number of rotatable bonds is 3. The van der Waals surface area contributed by atoms with Crippen molar-refractivity contribution >= 4 is 5.91 Å². The first-order valence-electron chi connectivity index (χ1n) is 6.43. The summed E-state index contributed by atoms with van der Waals surface area (Å²) in [5, 5.41) is 8.60. The van der Waals surface area contributed by atoms with Gasteiger partial charge in [0, 0.05) is 25.4 Å². The Morgan fingerprint density at radius 1 is 1.58 bits per heavy atom. The number of hydrogen-bond donors (Lipinski definition) is 1. The van der Waals surface area contributed by atoms with Gasteiger partial charge in [-0.05, 0) is 30.4 Å². The lowest BCUT2D eigenvalue weighted by molar-refractivity contribution is 0.0781. The fourth-order valence-corrected chi connectivity index (χ4v) is 2.02. The second-order valence-corrected chi connectivity index (χ2v) is 5.05. The molecule has 2 unspecified atom stereocenters. The van der Waals surface area contributed by atoms with Crippen molar-refractivity contribution in [2.45, 2.75) is 13.3 Å². The summed E-state index contributed by atoms with van der Waals surface area (Å²) >= 11 is 0. The molecule has 1 amide bonds. The van der Waals surface area contributed by atoms with E-state index >= 15 is 0 Å². The lowest BCUT2D eigenvalue weighted by atomic mass is 10.2. The van der Waals surface area contributed by atoms with Crippen LogP contribution in [0.4, 0.5) is 0 Å². The minimum atomic E-state index is -0.178. The van der Waals surface area contributed by atoms with Gasteiger partial charge in [0.1, 0.15) is 12.3 Å². The molecule has 4 heteroatoms. The number of aromatic nitrogens is 1. The van der Waals surface area contributed by atoms with E-state index in [0.29, 0.717) is 17.2 Å². The van der Waals surface area contributed by atoms with Crippen molar-refractivity contribution < 1.29 is 9.90 Å². The van der Waals surface area contributed by atoms with Crippen LogP contribution in [0, 0.1) is 23.7 Å². The van der Waals surface area contributed by atoms with Gasteiger partial charge in [-0.25, -0.2) is 4.98 Å². The second-order valence-electron chi connectivity index (χ2n) is 5.05. The number of aliphatic hydroxyl groups is 1. The van der Waals surface area contributed by atoms with Crippen LogP contribution >= 0.6 is 0 Å². The van der Waals surface area contributed by atoms with E-state index in [4.69, 9.17) is 5.11 Å². The molecule has 1 heterocycles. The first kappa shape index (κ1) is 13.6. The largest absolute Gasteiger partial charge is 0.384 e. The minimum absolute atomic E-state index is 0.0548. The van der Waals surface area contributed by atoms with Gasteiger partial charge in [0.15, 0.2) is 0 Å². The normalized spacial score (nSPS) is 20.4. The summed E-state index contributed by atoms with van der Waals surface area (Å²) < 4.78 is 0. The van der Waals surface area contributed by atoms with Crippen molar-refractivity contribution in [1.29, 1.82) is 0 Å². The van der Waals surface area contributed by atoms with Crippen LogP contribution in [-0.4, -0.2) is 41.1 Å². The van der Waals surface area contributed by atoms with Crippen molar-refractivity contribution in [1.82, 2.24) is 9.88 Å². The number of carbonyl (C=O) groups excluding carboxylic acids is 1. The molecular weight excluding hydrogens is 240 g/mol. The molecule has 1 N–H and O–H groups in total. The van der Waals surface area contributed by atoms with E-state index in [0.717, 1.165) is 12.5 Å². The van der Waals surface area contributed by atoms with Gasteiger partial charge < -0.3 is 10.0 Å². The molecule has 0 spiro atoms. The maximum Gasteiger partial charge on any atom is 0.272 e. The summed E-state index contributed by atoms with van der Waals surface area (Å²) in [5.41, 5.74) is 1.13. The van der Waals surface area contributed by atoms with Gasteiger partial charge in [-0.1, -0.05) is 18.8 Å². The van der Waals surface area contributed by atoms with E-state index in [1.807, 2.05) is 7.05 Å². The smallest absolute Gasteiger partial charge is 0.272 e. The zero-order chi connectivity index (χ0) is 13.8. The van der Waals surface area contributed by atoms with Crippen molar-refractivity contribution in [2.75, 3.05) is 20.2 Å². The standard InChI is InChI=1S/C15H18N2O2/c1-11-8-13(11)10-17(2)15(19)14-6-5-12(9-16-14)4-3-7-18/h5-6,9,11,13,18H,7-8,10H2,1-2H3. The summed E-state index contributed by atoms with van der Waals surface area (Å²) in [6.07, 6.45) is 2.77. The Balaban J connectivity index is 1.98. The molecule has 1 aliphatic rings. The van der Waals surface area contributed by atoms with Crippen LogP contribution in [0.1, 0.15) is 29.4 Å². The van der Waals surface area contributed by atoms with E-state index in [9.17, 15) is 4.79 Å². The Morgan fingerprint density at radius 2 is 2.32 bits per heavy atom. The first-order valence-corrected chi connectivity index (χ1v) is 6.43. The number of aliphatic hydroxyl groups excluding tert-OH is 1. The lowest BCUT2D eigenvalue weighted by Crippen LogP contribution is -2.29.